The summed E-state index contributed by atoms with van der Waals surface area (Å²) in [6, 6.07) is 31.2. The van der Waals surface area contributed by atoms with Crippen LogP contribution in [0.1, 0.15) is 23.6 Å². The summed E-state index contributed by atoms with van der Waals surface area (Å²) in [5.41, 5.74) is 6.90. The summed E-state index contributed by atoms with van der Waals surface area (Å²) < 4.78 is 0. The number of allylic oxidation sites excluding steroid dienone is 5. The largest absolute Gasteiger partial charge is 0.246 e. The third kappa shape index (κ3) is 4.82. The lowest BCUT2D eigenvalue weighted by atomic mass is 9.94. The molecule has 0 saturated heterocycles. The minimum atomic E-state index is 0.965. The fraction of sp³-hybridized carbons (Fsp3) is 0.0769. The lowest BCUT2D eigenvalue weighted by Crippen LogP contribution is -1.88. The van der Waals surface area contributed by atoms with Crippen LogP contribution in [-0.4, -0.2) is 12.9 Å². The van der Waals surface area contributed by atoms with Gasteiger partial charge >= 0.3 is 0 Å². The Kier molecular flexibility index (Phi) is 6.35. The monoisotopic (exact) mass is 349 g/mol. The molecule has 132 valence electrons. The highest BCUT2D eigenvalue weighted by molar-refractivity contribution is 6.00. The first kappa shape index (κ1) is 18.4. The van der Waals surface area contributed by atoms with E-state index < -0.39 is 0 Å². The van der Waals surface area contributed by atoms with Gasteiger partial charge in [0.05, 0.1) is 0 Å². The minimum absolute atomic E-state index is 0.965. The number of aliphatic imine (C=N–C) groups is 1. The number of rotatable bonds is 5. The van der Waals surface area contributed by atoms with Crippen LogP contribution in [0.3, 0.4) is 0 Å². The van der Waals surface area contributed by atoms with E-state index in [1.165, 1.54) is 22.3 Å². The predicted octanol–water partition coefficient (Wildman–Crippen LogP) is 6.56. The average Bonchev–Trinajstić information content (AvgIpc) is 2.75. The lowest BCUT2D eigenvalue weighted by molar-refractivity contribution is 1.48. The fourth-order valence-corrected chi connectivity index (χ4v) is 3.00. The van der Waals surface area contributed by atoms with Gasteiger partial charge in [-0.25, -0.2) is 4.99 Å². The maximum Gasteiger partial charge on any atom is 0.0428 e. The summed E-state index contributed by atoms with van der Waals surface area (Å²) in [4.78, 5) is 4.11. The third-order valence-electron chi connectivity index (χ3n) is 4.43. The van der Waals surface area contributed by atoms with E-state index in [9.17, 15) is 0 Å². The molecule has 0 bridgehead atoms. The summed E-state index contributed by atoms with van der Waals surface area (Å²) >= 11 is 0. The summed E-state index contributed by atoms with van der Waals surface area (Å²) in [7, 11) is 1.75. The molecule has 0 unspecified atom stereocenters. The minimum Gasteiger partial charge on any atom is -0.246 e. The van der Waals surface area contributed by atoms with E-state index in [0.717, 1.165) is 11.1 Å². The molecule has 0 amide bonds. The van der Waals surface area contributed by atoms with Gasteiger partial charge < -0.3 is 0 Å². The van der Waals surface area contributed by atoms with E-state index in [2.05, 4.69) is 90.6 Å². The smallest absolute Gasteiger partial charge is 0.0428 e. The Bertz CT molecular complexity index is 988. The molecule has 0 aliphatic rings. The van der Waals surface area contributed by atoms with Gasteiger partial charge in [-0.15, -0.1) is 0 Å². The van der Waals surface area contributed by atoms with E-state index in [-0.39, 0.29) is 0 Å². The van der Waals surface area contributed by atoms with Gasteiger partial charge in [0.25, 0.3) is 0 Å². The van der Waals surface area contributed by atoms with Crippen molar-refractivity contribution >= 4 is 22.6 Å². The standard InChI is InChI=1S/C26H23N/c1-21(22-12-6-3-7-13-22)26(24-16-10-5-11-17-24)19-18-25(20-27-2)23-14-8-4-9-15-23/h3-19H,1-2H3/b19-18-,26-21+. The van der Waals surface area contributed by atoms with Crippen molar-refractivity contribution in [3.8, 4) is 0 Å². The van der Waals surface area contributed by atoms with E-state index in [4.69, 9.17) is 0 Å². The van der Waals surface area contributed by atoms with E-state index in [1.807, 2.05) is 30.3 Å². The Labute approximate surface area is 161 Å². The second-order valence-corrected chi connectivity index (χ2v) is 6.22. The molecule has 3 aromatic carbocycles. The zero-order chi connectivity index (χ0) is 18.9. The van der Waals surface area contributed by atoms with Gasteiger partial charge in [0, 0.05) is 12.6 Å². The van der Waals surface area contributed by atoms with Crippen molar-refractivity contribution in [2.75, 3.05) is 7.05 Å². The molecule has 0 N–H and O–H groups in total. The normalized spacial score (nSPS) is 11.6. The lowest BCUT2D eigenvalue weighted by Gasteiger charge is -2.10. The summed E-state index contributed by atoms with van der Waals surface area (Å²) in [6.45, 7) is 2.17. The van der Waals surface area contributed by atoms with Gasteiger partial charge in [-0.1, -0.05) is 97.1 Å². The molecule has 3 aromatic rings. The molecule has 0 atom stereocenters. The molecule has 0 spiro atoms. The second-order valence-electron chi connectivity index (χ2n) is 6.22. The Morgan fingerprint density at radius 3 is 1.67 bits per heavy atom. The van der Waals surface area contributed by atoms with E-state index in [1.54, 1.807) is 7.05 Å². The maximum atomic E-state index is 4.11. The van der Waals surface area contributed by atoms with Crippen molar-refractivity contribution in [2.45, 2.75) is 6.92 Å². The molecule has 1 nitrogen and oxygen atoms in total. The van der Waals surface area contributed by atoms with Gasteiger partial charge in [0.15, 0.2) is 0 Å². The van der Waals surface area contributed by atoms with E-state index in [0.29, 0.717) is 0 Å². The molecule has 0 fully saturated rings. The van der Waals surface area contributed by atoms with Crippen molar-refractivity contribution in [1.29, 1.82) is 0 Å². The van der Waals surface area contributed by atoms with Gasteiger partial charge in [-0.05, 0) is 46.7 Å². The summed E-state index contributed by atoms with van der Waals surface area (Å²) in [6.07, 6.45) is 4.26. The molecule has 0 aliphatic heterocycles. The zero-order valence-electron chi connectivity index (χ0n) is 15.8. The van der Waals surface area contributed by atoms with Crippen LogP contribution in [0.25, 0.3) is 16.7 Å². The highest BCUT2D eigenvalue weighted by Gasteiger charge is 2.06. The van der Waals surface area contributed by atoms with E-state index >= 15 is 0 Å². The van der Waals surface area contributed by atoms with Crippen LogP contribution in [0.5, 0.6) is 0 Å². The molecule has 0 aromatic heterocycles. The Hall–Kier alpha value is -3.41. The number of hydrogen-bond donors (Lipinski definition) is 0. The van der Waals surface area contributed by atoms with Gasteiger partial charge in [-0.3, -0.25) is 0 Å². The first-order valence-corrected chi connectivity index (χ1v) is 9.06. The van der Waals surface area contributed by atoms with Crippen LogP contribution in [0.15, 0.2) is 108 Å². The number of benzene rings is 3. The first-order valence-electron chi connectivity index (χ1n) is 9.06. The molecule has 27 heavy (non-hydrogen) atoms. The Balaban J connectivity index is 2.09. The first-order chi connectivity index (χ1) is 13.3. The Morgan fingerprint density at radius 2 is 1.15 bits per heavy atom. The molecule has 3 rings (SSSR count). The topological polar surface area (TPSA) is 12.4 Å². The predicted molar refractivity (Wildman–Crippen MR) is 118 cm³/mol. The van der Waals surface area contributed by atoms with Crippen LogP contribution in [0.2, 0.25) is 0 Å². The van der Waals surface area contributed by atoms with Crippen LogP contribution in [0, 0.1) is 0 Å². The number of hydrogen-bond acceptors (Lipinski definition) is 1. The fourth-order valence-electron chi connectivity index (χ4n) is 3.00. The average molecular weight is 349 g/mol. The molecular formula is C26H23N. The van der Waals surface area contributed by atoms with Crippen molar-refractivity contribution in [3.05, 3.63) is 120 Å². The summed E-state index contributed by atoms with van der Waals surface area (Å²) in [5.74, 6) is 3.12. The summed E-state index contributed by atoms with van der Waals surface area (Å²) in [5, 5.41) is 0. The van der Waals surface area contributed by atoms with Crippen LogP contribution >= 0.6 is 0 Å². The molecule has 0 heterocycles. The SMILES string of the molecule is CN=C=C(/C=C\C(=C(\C)c1ccccc1)c1ccccc1)c1ccccc1. The highest BCUT2D eigenvalue weighted by Crippen LogP contribution is 2.28. The molecular weight excluding hydrogens is 326 g/mol. The maximum absolute atomic E-state index is 4.11. The molecule has 0 aliphatic carbocycles. The van der Waals surface area contributed by atoms with Crippen molar-refractivity contribution in [3.63, 3.8) is 0 Å². The highest BCUT2D eigenvalue weighted by atomic mass is 14.6. The second kappa shape index (κ2) is 9.33. The number of nitrogens with zero attached hydrogens (tertiary/aromatic N) is 1. The van der Waals surface area contributed by atoms with Crippen molar-refractivity contribution in [1.82, 2.24) is 0 Å². The van der Waals surface area contributed by atoms with Gasteiger partial charge in [0.1, 0.15) is 0 Å². The molecule has 1 heteroatoms. The van der Waals surface area contributed by atoms with Crippen LogP contribution < -0.4 is 0 Å². The van der Waals surface area contributed by atoms with Crippen molar-refractivity contribution < 1.29 is 0 Å². The van der Waals surface area contributed by atoms with Crippen LogP contribution in [0.4, 0.5) is 0 Å². The Morgan fingerprint density at radius 1 is 0.667 bits per heavy atom. The molecule has 0 radical (unpaired) electrons. The zero-order valence-corrected chi connectivity index (χ0v) is 15.8. The third-order valence-corrected chi connectivity index (χ3v) is 4.43. The molecule has 0 saturated carbocycles. The van der Waals surface area contributed by atoms with Gasteiger partial charge in [0.2, 0.25) is 0 Å². The van der Waals surface area contributed by atoms with Crippen LogP contribution in [-0.2, 0) is 0 Å². The van der Waals surface area contributed by atoms with Crippen molar-refractivity contribution in [2.24, 2.45) is 4.99 Å². The quantitative estimate of drug-likeness (QED) is 0.281. The van der Waals surface area contributed by atoms with Gasteiger partial charge in [-0.2, -0.15) is 0 Å².